The van der Waals surface area contributed by atoms with Gasteiger partial charge in [0.2, 0.25) is 0 Å². The average molecular weight is 519 g/mol. The van der Waals surface area contributed by atoms with Crippen LogP contribution in [-0.2, 0) is 32.5 Å². The lowest BCUT2D eigenvalue weighted by Crippen LogP contribution is -2.12. The Morgan fingerprint density at radius 3 is 1.71 bits per heavy atom. The molecule has 1 rings (SSSR count). The number of ether oxygens (including phenoxy) is 3. The Hall–Kier alpha value is -0.990. The number of hydrogen-bond donors (Lipinski definition) is 0. The first-order chi connectivity index (χ1) is 17.2. The van der Waals surface area contributed by atoms with Crippen molar-refractivity contribution in [3.05, 3.63) is 30.3 Å². The van der Waals surface area contributed by atoms with Crippen LogP contribution in [0.2, 0.25) is 0 Å². The van der Waals surface area contributed by atoms with Gasteiger partial charge in [-0.3, -0.25) is 9.05 Å². The van der Waals surface area contributed by atoms with Crippen molar-refractivity contribution in [1.29, 1.82) is 0 Å². The van der Waals surface area contributed by atoms with Crippen LogP contribution >= 0.6 is 7.82 Å². The molecule has 0 saturated heterocycles. The fourth-order valence-corrected chi connectivity index (χ4v) is 4.19. The van der Waals surface area contributed by atoms with E-state index >= 15 is 0 Å². The molecule has 1 aromatic rings. The van der Waals surface area contributed by atoms with Crippen molar-refractivity contribution in [2.75, 3.05) is 52.9 Å². The number of phosphoric ester groups is 1. The molecule has 1 atom stereocenters. The minimum Gasteiger partial charge on any atom is -0.379 e. The van der Waals surface area contributed by atoms with Crippen molar-refractivity contribution in [2.24, 2.45) is 0 Å². The summed E-state index contributed by atoms with van der Waals surface area (Å²) >= 11 is 0. The summed E-state index contributed by atoms with van der Waals surface area (Å²) in [4.78, 5) is 5.18. The molecule has 0 aliphatic carbocycles. The molecule has 35 heavy (non-hydrogen) atoms. The Morgan fingerprint density at radius 1 is 0.600 bits per heavy atom. The second kappa shape index (κ2) is 23.4. The lowest BCUT2D eigenvalue weighted by atomic mass is 10.1. The fraction of sp³-hybridized carbons (Fsp3) is 0.769. The molecule has 0 amide bonds. The molecule has 0 aliphatic rings. The van der Waals surface area contributed by atoms with Gasteiger partial charge in [-0.1, -0.05) is 87.6 Å². The van der Waals surface area contributed by atoms with Crippen LogP contribution < -0.4 is 4.89 Å². The fourth-order valence-electron chi connectivity index (χ4n) is 3.20. The van der Waals surface area contributed by atoms with Crippen LogP contribution in [0.3, 0.4) is 0 Å². The topological polar surface area (TPSA) is 81.7 Å². The number of unbranched alkanes of at least 4 members (excludes halogenated alkanes) is 9. The van der Waals surface area contributed by atoms with Gasteiger partial charge >= 0.3 is 7.82 Å². The summed E-state index contributed by atoms with van der Waals surface area (Å²) in [6.07, 6.45) is 12.1. The molecular weight excluding hydrogens is 471 g/mol. The summed E-state index contributed by atoms with van der Waals surface area (Å²) in [5, 5.41) is 0. The van der Waals surface area contributed by atoms with Crippen LogP contribution in [-0.4, -0.2) is 52.9 Å². The molecule has 1 unspecified atom stereocenters. The van der Waals surface area contributed by atoms with E-state index in [1.54, 1.807) is 24.3 Å². The molecule has 0 spiro atoms. The molecule has 204 valence electrons. The molecule has 0 bridgehead atoms. The van der Waals surface area contributed by atoms with Crippen molar-refractivity contribution in [3.8, 4) is 5.75 Å². The van der Waals surface area contributed by atoms with Crippen LogP contribution in [0.5, 0.6) is 5.75 Å². The Kier molecular flexibility index (Phi) is 21.4. The largest absolute Gasteiger partial charge is 0.511 e. The number of hydrogen-bond acceptors (Lipinski definition) is 8. The van der Waals surface area contributed by atoms with Gasteiger partial charge in [0.25, 0.3) is 0 Å². The van der Waals surface area contributed by atoms with Crippen LogP contribution in [0.4, 0.5) is 0 Å². The Balaban J connectivity index is 2.22. The van der Waals surface area contributed by atoms with E-state index in [0.29, 0.717) is 38.8 Å². The lowest BCUT2D eigenvalue weighted by Gasteiger charge is -2.17. The van der Waals surface area contributed by atoms with Crippen molar-refractivity contribution in [2.45, 2.75) is 78.1 Å². The van der Waals surface area contributed by atoms with Crippen molar-refractivity contribution < 1.29 is 37.4 Å². The average Bonchev–Trinajstić information content (AvgIpc) is 2.88. The summed E-state index contributed by atoms with van der Waals surface area (Å²) in [5.74, 6) is 0.416. The highest BCUT2D eigenvalue weighted by molar-refractivity contribution is 7.48. The van der Waals surface area contributed by atoms with E-state index in [1.165, 1.54) is 44.9 Å². The summed E-state index contributed by atoms with van der Waals surface area (Å²) < 4.78 is 45.0. The Labute approximate surface area is 212 Å². The first-order valence-corrected chi connectivity index (χ1v) is 14.7. The molecule has 0 saturated carbocycles. The normalized spacial score (nSPS) is 13.1. The van der Waals surface area contributed by atoms with E-state index in [4.69, 9.17) is 32.8 Å². The predicted molar refractivity (Wildman–Crippen MR) is 138 cm³/mol. The van der Waals surface area contributed by atoms with Gasteiger partial charge in [-0.05, 0) is 25.5 Å². The van der Waals surface area contributed by atoms with Gasteiger partial charge < -0.3 is 19.1 Å². The summed E-state index contributed by atoms with van der Waals surface area (Å²) in [6.45, 7) is 7.36. The highest BCUT2D eigenvalue weighted by atomic mass is 31.2. The van der Waals surface area contributed by atoms with E-state index in [2.05, 4.69) is 6.92 Å². The molecule has 0 heterocycles. The maximum Gasteiger partial charge on any atom is 0.511 e. The molecule has 0 radical (unpaired) electrons. The van der Waals surface area contributed by atoms with E-state index in [0.717, 1.165) is 19.3 Å². The zero-order valence-corrected chi connectivity index (χ0v) is 22.7. The first kappa shape index (κ1) is 32.0. The second-order valence-electron chi connectivity index (χ2n) is 8.19. The standard InChI is InChI=1S/C26H47O8P/c1-3-5-6-7-8-9-10-11-12-16-19-31-35(27,34-33-26-17-14-13-15-18-26)32-25-24-30-23-22-29-21-20-28-4-2/h13-15,17-18H,3-12,16,19-25H2,1-2H3. The molecule has 0 aromatic heterocycles. The molecule has 1 aromatic carbocycles. The van der Waals surface area contributed by atoms with Gasteiger partial charge in [-0.2, -0.15) is 0 Å². The van der Waals surface area contributed by atoms with Gasteiger partial charge in [0.1, 0.15) is 0 Å². The molecular formula is C26H47O8P. The van der Waals surface area contributed by atoms with Crippen molar-refractivity contribution in [1.82, 2.24) is 0 Å². The molecule has 8 nitrogen and oxygen atoms in total. The highest BCUT2D eigenvalue weighted by Crippen LogP contribution is 2.49. The van der Waals surface area contributed by atoms with Crippen LogP contribution in [0.15, 0.2) is 30.3 Å². The zero-order valence-electron chi connectivity index (χ0n) is 21.8. The Bertz CT molecular complexity index is 617. The van der Waals surface area contributed by atoms with Crippen molar-refractivity contribution >= 4 is 7.82 Å². The van der Waals surface area contributed by atoms with Gasteiger partial charge in [-0.15, -0.1) is 0 Å². The maximum absolute atomic E-state index is 13.0. The maximum atomic E-state index is 13.0. The van der Waals surface area contributed by atoms with Crippen LogP contribution in [0.1, 0.15) is 78.1 Å². The number of phosphoric acid groups is 1. The van der Waals surface area contributed by atoms with E-state index < -0.39 is 7.82 Å². The molecule has 0 N–H and O–H groups in total. The number of benzene rings is 1. The summed E-state index contributed by atoms with van der Waals surface area (Å²) in [5.41, 5.74) is 0. The third kappa shape index (κ3) is 19.8. The van der Waals surface area contributed by atoms with Gasteiger partial charge in [0.05, 0.1) is 46.2 Å². The van der Waals surface area contributed by atoms with Crippen LogP contribution in [0, 0.1) is 0 Å². The smallest absolute Gasteiger partial charge is 0.379 e. The first-order valence-electron chi connectivity index (χ1n) is 13.2. The summed E-state index contributed by atoms with van der Waals surface area (Å²) in [7, 11) is -3.89. The predicted octanol–water partition coefficient (Wildman–Crippen LogP) is 7.13. The summed E-state index contributed by atoms with van der Waals surface area (Å²) in [6, 6.07) is 8.82. The monoisotopic (exact) mass is 518 g/mol. The number of para-hydroxylation sites is 1. The van der Waals surface area contributed by atoms with E-state index in [-0.39, 0.29) is 19.8 Å². The van der Waals surface area contributed by atoms with Crippen LogP contribution in [0.25, 0.3) is 0 Å². The van der Waals surface area contributed by atoms with E-state index in [9.17, 15) is 4.57 Å². The van der Waals surface area contributed by atoms with Crippen molar-refractivity contribution in [3.63, 3.8) is 0 Å². The third-order valence-electron chi connectivity index (χ3n) is 5.14. The molecule has 0 aliphatic heterocycles. The van der Waals surface area contributed by atoms with Gasteiger partial charge in [-0.25, -0.2) is 4.57 Å². The SMILES string of the molecule is CCCCCCCCCCCCOP(=O)(OCCOCCOCCOCC)OOc1ccccc1. The number of rotatable bonds is 26. The Morgan fingerprint density at radius 2 is 1.11 bits per heavy atom. The minimum absolute atomic E-state index is 0.0480. The highest BCUT2D eigenvalue weighted by Gasteiger charge is 2.29. The second-order valence-corrected chi connectivity index (χ2v) is 9.75. The van der Waals surface area contributed by atoms with Gasteiger partial charge in [0, 0.05) is 6.61 Å². The zero-order chi connectivity index (χ0) is 25.3. The minimum atomic E-state index is -3.89. The molecule has 9 heteroatoms. The third-order valence-corrected chi connectivity index (χ3v) is 6.40. The molecule has 0 fully saturated rings. The van der Waals surface area contributed by atoms with E-state index in [1.807, 2.05) is 13.0 Å². The quantitative estimate of drug-likeness (QED) is 0.0554. The lowest BCUT2D eigenvalue weighted by molar-refractivity contribution is -0.134. The van der Waals surface area contributed by atoms with Gasteiger partial charge in [0.15, 0.2) is 5.75 Å².